The molecule has 0 unspecified atom stereocenters. The molecule has 0 aliphatic carbocycles. The number of nitrogens with one attached hydrogen (secondary N) is 1. The maximum absolute atomic E-state index is 12.0. The zero-order chi connectivity index (χ0) is 14.8. The largest absolute Gasteiger partial charge is 0.496 e. The third-order valence-corrected chi connectivity index (χ3v) is 2.85. The fraction of sp³-hybridized carbons (Fsp3) is 0.312. The van der Waals surface area contributed by atoms with E-state index >= 15 is 0 Å². The number of urea groups is 1. The first-order valence-electron chi connectivity index (χ1n) is 6.59. The van der Waals surface area contributed by atoms with Gasteiger partial charge in [0.15, 0.2) is 0 Å². The van der Waals surface area contributed by atoms with E-state index < -0.39 is 0 Å². The van der Waals surface area contributed by atoms with Crippen molar-refractivity contribution < 1.29 is 9.53 Å². The Morgan fingerprint density at radius 1 is 1.30 bits per heavy atom. The number of carbonyl (C=O) groups excluding carboxylic acids is 1. The molecular formula is C16H22N2O2. The smallest absolute Gasteiger partial charge is 0.317 e. The number of nitrogens with zero attached hydrogens (tertiary/aromatic N) is 1. The van der Waals surface area contributed by atoms with Gasteiger partial charge in [-0.2, -0.15) is 0 Å². The van der Waals surface area contributed by atoms with E-state index in [0.29, 0.717) is 19.6 Å². The first kappa shape index (κ1) is 15.8. The molecule has 0 aromatic heterocycles. The van der Waals surface area contributed by atoms with Crippen molar-refractivity contribution in [3.8, 4) is 5.75 Å². The maximum atomic E-state index is 12.0. The normalized spacial score (nSPS) is 9.65. The SMILES string of the molecule is C=CCN(CC=C)C(=O)NCCc1ccccc1OC. The molecule has 0 saturated carbocycles. The highest BCUT2D eigenvalue weighted by atomic mass is 16.5. The lowest BCUT2D eigenvalue weighted by Gasteiger charge is -2.20. The molecule has 1 aromatic carbocycles. The van der Waals surface area contributed by atoms with Crippen LogP contribution in [0.5, 0.6) is 5.75 Å². The van der Waals surface area contributed by atoms with Gasteiger partial charge in [0.05, 0.1) is 7.11 Å². The Kier molecular flexibility index (Phi) is 6.96. The molecule has 0 spiro atoms. The topological polar surface area (TPSA) is 41.6 Å². The van der Waals surface area contributed by atoms with Crippen LogP contribution in [0.25, 0.3) is 0 Å². The molecule has 20 heavy (non-hydrogen) atoms. The van der Waals surface area contributed by atoms with Gasteiger partial charge in [0, 0.05) is 19.6 Å². The highest BCUT2D eigenvalue weighted by Crippen LogP contribution is 2.17. The molecule has 1 N–H and O–H groups in total. The van der Waals surface area contributed by atoms with Crippen LogP contribution in [0.2, 0.25) is 0 Å². The van der Waals surface area contributed by atoms with Crippen LogP contribution in [-0.2, 0) is 6.42 Å². The molecular weight excluding hydrogens is 252 g/mol. The van der Waals surface area contributed by atoms with Gasteiger partial charge in [-0.05, 0) is 18.1 Å². The van der Waals surface area contributed by atoms with Gasteiger partial charge < -0.3 is 15.0 Å². The Labute approximate surface area is 120 Å². The Bertz CT molecular complexity index is 448. The quantitative estimate of drug-likeness (QED) is 0.740. The second-order valence-electron chi connectivity index (χ2n) is 4.28. The fourth-order valence-corrected chi connectivity index (χ4v) is 1.88. The average Bonchev–Trinajstić information content (AvgIpc) is 2.47. The van der Waals surface area contributed by atoms with Gasteiger partial charge >= 0.3 is 6.03 Å². The van der Waals surface area contributed by atoms with E-state index in [1.807, 2.05) is 24.3 Å². The van der Waals surface area contributed by atoms with Crippen molar-refractivity contribution in [2.24, 2.45) is 0 Å². The number of carbonyl (C=O) groups is 1. The third-order valence-electron chi connectivity index (χ3n) is 2.85. The van der Waals surface area contributed by atoms with Crippen molar-refractivity contribution in [1.29, 1.82) is 0 Å². The average molecular weight is 274 g/mol. The van der Waals surface area contributed by atoms with E-state index in [1.165, 1.54) is 0 Å². The minimum atomic E-state index is -0.111. The molecule has 0 bridgehead atoms. The Morgan fingerprint density at radius 2 is 1.95 bits per heavy atom. The standard InChI is InChI=1S/C16H22N2O2/c1-4-12-18(13-5-2)16(19)17-11-10-14-8-6-7-9-15(14)20-3/h4-9H,1-2,10-13H2,3H3,(H,17,19). The predicted molar refractivity (Wildman–Crippen MR) is 82.1 cm³/mol. The molecule has 0 heterocycles. The number of hydrogen-bond acceptors (Lipinski definition) is 2. The second kappa shape index (κ2) is 8.80. The molecule has 0 atom stereocenters. The van der Waals surface area contributed by atoms with Crippen molar-refractivity contribution in [2.75, 3.05) is 26.7 Å². The van der Waals surface area contributed by atoms with Gasteiger partial charge in [-0.1, -0.05) is 30.4 Å². The Morgan fingerprint density at radius 3 is 2.55 bits per heavy atom. The van der Waals surface area contributed by atoms with E-state index in [9.17, 15) is 4.79 Å². The van der Waals surface area contributed by atoms with Gasteiger partial charge in [0.25, 0.3) is 0 Å². The van der Waals surface area contributed by atoms with Crippen molar-refractivity contribution in [2.45, 2.75) is 6.42 Å². The maximum Gasteiger partial charge on any atom is 0.317 e. The van der Waals surface area contributed by atoms with Crippen LogP contribution in [0, 0.1) is 0 Å². The number of para-hydroxylation sites is 1. The first-order valence-corrected chi connectivity index (χ1v) is 6.59. The third kappa shape index (κ3) is 4.80. The van der Waals surface area contributed by atoms with Gasteiger partial charge in [-0.25, -0.2) is 4.79 Å². The highest BCUT2D eigenvalue weighted by molar-refractivity contribution is 5.74. The Balaban J connectivity index is 2.48. The molecule has 2 amide bonds. The summed E-state index contributed by atoms with van der Waals surface area (Å²) >= 11 is 0. The lowest BCUT2D eigenvalue weighted by Crippen LogP contribution is -2.40. The summed E-state index contributed by atoms with van der Waals surface area (Å²) in [6.45, 7) is 8.86. The lowest BCUT2D eigenvalue weighted by atomic mass is 10.1. The van der Waals surface area contributed by atoms with Gasteiger partial charge in [-0.3, -0.25) is 0 Å². The van der Waals surface area contributed by atoms with Crippen molar-refractivity contribution >= 4 is 6.03 Å². The monoisotopic (exact) mass is 274 g/mol. The van der Waals surface area contributed by atoms with Crippen LogP contribution >= 0.6 is 0 Å². The number of rotatable bonds is 8. The minimum Gasteiger partial charge on any atom is -0.496 e. The summed E-state index contributed by atoms with van der Waals surface area (Å²) in [7, 11) is 1.65. The summed E-state index contributed by atoms with van der Waals surface area (Å²) in [6, 6.07) is 7.69. The van der Waals surface area contributed by atoms with E-state index in [-0.39, 0.29) is 6.03 Å². The second-order valence-corrected chi connectivity index (χ2v) is 4.28. The summed E-state index contributed by atoms with van der Waals surface area (Å²) in [5.74, 6) is 0.843. The molecule has 108 valence electrons. The van der Waals surface area contributed by atoms with E-state index in [2.05, 4.69) is 18.5 Å². The lowest BCUT2D eigenvalue weighted by molar-refractivity contribution is 0.208. The number of amides is 2. The molecule has 4 nitrogen and oxygen atoms in total. The Hall–Kier alpha value is -2.23. The molecule has 0 aliphatic rings. The number of benzene rings is 1. The summed E-state index contributed by atoms with van der Waals surface area (Å²) in [6.07, 6.45) is 4.12. The molecule has 1 aromatic rings. The molecule has 1 rings (SSSR count). The zero-order valence-corrected chi connectivity index (χ0v) is 12.0. The number of hydrogen-bond donors (Lipinski definition) is 1. The van der Waals surface area contributed by atoms with Crippen LogP contribution in [-0.4, -0.2) is 37.7 Å². The van der Waals surface area contributed by atoms with Crippen LogP contribution in [0.1, 0.15) is 5.56 Å². The van der Waals surface area contributed by atoms with Crippen molar-refractivity contribution in [1.82, 2.24) is 10.2 Å². The molecule has 0 saturated heterocycles. The molecule has 0 fully saturated rings. The van der Waals surface area contributed by atoms with E-state index in [4.69, 9.17) is 4.74 Å². The molecule has 0 aliphatic heterocycles. The predicted octanol–water partition coefficient (Wildman–Crippen LogP) is 2.62. The summed E-state index contributed by atoms with van der Waals surface area (Å²) in [4.78, 5) is 13.6. The molecule has 4 heteroatoms. The van der Waals surface area contributed by atoms with Crippen LogP contribution in [0.3, 0.4) is 0 Å². The summed E-state index contributed by atoms with van der Waals surface area (Å²) in [5, 5.41) is 2.89. The zero-order valence-electron chi connectivity index (χ0n) is 12.0. The van der Waals surface area contributed by atoms with Gasteiger partial charge in [-0.15, -0.1) is 13.2 Å². The van der Waals surface area contributed by atoms with Crippen LogP contribution in [0.4, 0.5) is 4.79 Å². The number of methoxy groups -OCH3 is 1. The van der Waals surface area contributed by atoms with Gasteiger partial charge in [0.1, 0.15) is 5.75 Å². The van der Waals surface area contributed by atoms with Crippen LogP contribution in [0.15, 0.2) is 49.6 Å². The first-order chi connectivity index (χ1) is 9.72. The summed E-state index contributed by atoms with van der Waals surface area (Å²) < 4.78 is 5.28. The molecule has 0 radical (unpaired) electrons. The fourth-order valence-electron chi connectivity index (χ4n) is 1.88. The van der Waals surface area contributed by atoms with Crippen LogP contribution < -0.4 is 10.1 Å². The van der Waals surface area contributed by atoms with E-state index in [0.717, 1.165) is 17.7 Å². The minimum absolute atomic E-state index is 0.111. The highest BCUT2D eigenvalue weighted by Gasteiger charge is 2.09. The van der Waals surface area contributed by atoms with Crippen molar-refractivity contribution in [3.63, 3.8) is 0 Å². The van der Waals surface area contributed by atoms with E-state index in [1.54, 1.807) is 24.2 Å². The van der Waals surface area contributed by atoms with Crippen molar-refractivity contribution in [3.05, 3.63) is 55.1 Å². The summed E-state index contributed by atoms with van der Waals surface area (Å²) in [5.41, 5.74) is 1.08. The number of ether oxygens (including phenoxy) is 1. The van der Waals surface area contributed by atoms with Gasteiger partial charge in [0.2, 0.25) is 0 Å².